The summed E-state index contributed by atoms with van der Waals surface area (Å²) in [5.74, 6) is -1.13. The maximum Gasteiger partial charge on any atom is 0.200 e. The fourth-order valence-corrected chi connectivity index (χ4v) is 2.09. The minimum Gasteiger partial charge on any atom is -0.504 e. The number of halogens is 1. The van der Waals surface area contributed by atoms with Crippen LogP contribution in [-0.2, 0) is 6.54 Å². The first-order valence-corrected chi connectivity index (χ1v) is 6.51. The lowest BCUT2D eigenvalue weighted by atomic mass is 10.1. The maximum absolute atomic E-state index is 9.72. The molecule has 2 aromatic rings. The first-order chi connectivity index (χ1) is 8.99. The van der Waals surface area contributed by atoms with E-state index in [1.54, 1.807) is 6.07 Å². The fourth-order valence-electron chi connectivity index (χ4n) is 1.73. The molecule has 0 saturated heterocycles. The number of phenols is 3. The summed E-state index contributed by atoms with van der Waals surface area (Å²) < 4.78 is 0.957. The highest BCUT2D eigenvalue weighted by Crippen LogP contribution is 2.37. The van der Waals surface area contributed by atoms with Gasteiger partial charge in [-0.3, -0.25) is 0 Å². The number of aromatic hydroxyl groups is 3. The summed E-state index contributed by atoms with van der Waals surface area (Å²) in [7, 11) is 0. The third-order valence-corrected chi connectivity index (χ3v) is 3.38. The summed E-state index contributed by atoms with van der Waals surface area (Å²) in [5, 5.41) is 31.6. The lowest BCUT2D eigenvalue weighted by Gasteiger charge is -2.12. The predicted molar refractivity (Wildman–Crippen MR) is 77.6 cm³/mol. The van der Waals surface area contributed by atoms with Crippen LogP contribution in [0.3, 0.4) is 0 Å². The fraction of sp³-hybridized carbons (Fsp3) is 0.143. The summed E-state index contributed by atoms with van der Waals surface area (Å²) in [4.78, 5) is 0. The molecular weight excluding hydrogens is 310 g/mol. The van der Waals surface area contributed by atoms with Crippen molar-refractivity contribution in [2.75, 3.05) is 5.32 Å². The van der Waals surface area contributed by atoms with Crippen LogP contribution in [0.25, 0.3) is 0 Å². The van der Waals surface area contributed by atoms with Crippen molar-refractivity contribution in [2.24, 2.45) is 0 Å². The average Bonchev–Trinajstić information content (AvgIpc) is 2.39. The van der Waals surface area contributed by atoms with E-state index in [9.17, 15) is 15.3 Å². The third-order valence-electron chi connectivity index (χ3n) is 2.88. The number of phenolic OH excluding ortho intramolecular Hbond substituents is 3. The van der Waals surface area contributed by atoms with Crippen molar-refractivity contribution >= 4 is 21.6 Å². The van der Waals surface area contributed by atoms with Gasteiger partial charge in [0.2, 0.25) is 5.75 Å². The standard InChI is InChI=1S/C14H14BrNO3/c1-8-2-4-10(15)6-11(8)16-7-9-3-5-12(17)14(19)13(9)18/h2-6,16-19H,7H2,1H3. The zero-order chi connectivity index (χ0) is 14.0. The average molecular weight is 324 g/mol. The van der Waals surface area contributed by atoms with E-state index in [1.165, 1.54) is 6.07 Å². The molecule has 0 saturated carbocycles. The van der Waals surface area contributed by atoms with Gasteiger partial charge in [-0.15, -0.1) is 0 Å². The van der Waals surface area contributed by atoms with Crippen molar-refractivity contribution in [1.82, 2.24) is 0 Å². The van der Waals surface area contributed by atoms with Gasteiger partial charge < -0.3 is 20.6 Å². The topological polar surface area (TPSA) is 72.7 Å². The quantitative estimate of drug-likeness (QED) is 0.652. The van der Waals surface area contributed by atoms with Crippen LogP contribution >= 0.6 is 15.9 Å². The van der Waals surface area contributed by atoms with Gasteiger partial charge in [0.05, 0.1) is 0 Å². The Morgan fingerprint density at radius 3 is 2.53 bits per heavy atom. The van der Waals surface area contributed by atoms with Crippen LogP contribution in [0.5, 0.6) is 17.2 Å². The molecule has 0 aliphatic rings. The third kappa shape index (κ3) is 2.93. The SMILES string of the molecule is Cc1ccc(Br)cc1NCc1ccc(O)c(O)c1O. The Kier molecular flexibility index (Phi) is 3.85. The van der Waals surface area contributed by atoms with E-state index in [0.717, 1.165) is 15.7 Å². The number of hydrogen-bond acceptors (Lipinski definition) is 4. The molecule has 4 nitrogen and oxygen atoms in total. The van der Waals surface area contributed by atoms with Gasteiger partial charge in [-0.25, -0.2) is 0 Å². The molecule has 100 valence electrons. The van der Waals surface area contributed by atoms with Crippen molar-refractivity contribution < 1.29 is 15.3 Å². The predicted octanol–water partition coefficient (Wildman–Crippen LogP) is 3.49. The molecule has 5 heteroatoms. The van der Waals surface area contributed by atoms with Crippen molar-refractivity contribution in [3.05, 3.63) is 45.9 Å². The largest absolute Gasteiger partial charge is 0.504 e. The molecule has 0 spiro atoms. The molecule has 0 aromatic heterocycles. The Labute approximate surface area is 119 Å². The van der Waals surface area contributed by atoms with Gasteiger partial charge in [0.25, 0.3) is 0 Å². The first kappa shape index (κ1) is 13.5. The zero-order valence-corrected chi connectivity index (χ0v) is 11.9. The highest BCUT2D eigenvalue weighted by molar-refractivity contribution is 9.10. The van der Waals surface area contributed by atoms with Crippen LogP contribution in [0, 0.1) is 6.92 Å². The second-order valence-corrected chi connectivity index (χ2v) is 5.17. The summed E-state index contributed by atoms with van der Waals surface area (Å²) in [6.07, 6.45) is 0. The van der Waals surface area contributed by atoms with Gasteiger partial charge in [0.1, 0.15) is 0 Å². The number of anilines is 1. The van der Waals surface area contributed by atoms with Gasteiger partial charge in [-0.1, -0.05) is 22.0 Å². The molecule has 0 bridgehead atoms. The van der Waals surface area contributed by atoms with Gasteiger partial charge in [-0.2, -0.15) is 0 Å². The second kappa shape index (κ2) is 5.40. The number of hydrogen-bond donors (Lipinski definition) is 4. The van der Waals surface area contributed by atoms with E-state index in [0.29, 0.717) is 12.1 Å². The number of nitrogens with one attached hydrogen (secondary N) is 1. The van der Waals surface area contributed by atoms with Crippen molar-refractivity contribution in [1.29, 1.82) is 0 Å². The van der Waals surface area contributed by atoms with Crippen LogP contribution in [0.2, 0.25) is 0 Å². The number of rotatable bonds is 3. The molecule has 0 atom stereocenters. The molecule has 0 aliphatic heterocycles. The minimum absolute atomic E-state index is 0.305. The molecule has 2 aromatic carbocycles. The summed E-state index contributed by atoms with van der Waals surface area (Å²) in [6, 6.07) is 8.77. The van der Waals surface area contributed by atoms with Crippen molar-refractivity contribution in [3.63, 3.8) is 0 Å². The van der Waals surface area contributed by atoms with Gasteiger partial charge in [-0.05, 0) is 36.8 Å². The van der Waals surface area contributed by atoms with Gasteiger partial charge >= 0.3 is 0 Å². The normalized spacial score (nSPS) is 10.4. The molecule has 0 amide bonds. The number of benzene rings is 2. The van der Waals surface area contributed by atoms with E-state index in [2.05, 4.69) is 21.2 Å². The maximum atomic E-state index is 9.72. The summed E-state index contributed by atoms with van der Waals surface area (Å²) in [6.45, 7) is 2.32. The highest BCUT2D eigenvalue weighted by atomic mass is 79.9. The van der Waals surface area contributed by atoms with Gasteiger partial charge in [0.15, 0.2) is 11.5 Å². The van der Waals surface area contributed by atoms with Crippen molar-refractivity contribution in [3.8, 4) is 17.2 Å². The summed E-state index contributed by atoms with van der Waals surface area (Å²) >= 11 is 3.40. The van der Waals surface area contributed by atoms with E-state index < -0.39 is 5.75 Å². The molecule has 0 fully saturated rings. The molecule has 0 heterocycles. The molecule has 2 rings (SSSR count). The number of aryl methyl sites for hydroxylation is 1. The van der Waals surface area contributed by atoms with E-state index in [1.807, 2.05) is 25.1 Å². The second-order valence-electron chi connectivity index (χ2n) is 4.25. The van der Waals surface area contributed by atoms with Crippen LogP contribution in [0.15, 0.2) is 34.8 Å². The first-order valence-electron chi connectivity index (χ1n) is 5.72. The zero-order valence-electron chi connectivity index (χ0n) is 10.3. The van der Waals surface area contributed by atoms with Crippen molar-refractivity contribution in [2.45, 2.75) is 13.5 Å². The Balaban J connectivity index is 2.19. The molecule has 4 N–H and O–H groups in total. The van der Waals surface area contributed by atoms with Crippen LogP contribution in [0.1, 0.15) is 11.1 Å². The summed E-state index contributed by atoms with van der Waals surface area (Å²) in [5.41, 5.74) is 2.52. The molecule has 19 heavy (non-hydrogen) atoms. The lowest BCUT2D eigenvalue weighted by Crippen LogP contribution is -2.01. The monoisotopic (exact) mass is 323 g/mol. The Hall–Kier alpha value is -1.88. The van der Waals surface area contributed by atoms with Crippen LogP contribution < -0.4 is 5.32 Å². The van der Waals surface area contributed by atoms with E-state index in [4.69, 9.17) is 0 Å². The van der Waals surface area contributed by atoms with E-state index in [-0.39, 0.29) is 11.5 Å². The van der Waals surface area contributed by atoms with Crippen LogP contribution in [0.4, 0.5) is 5.69 Å². The van der Waals surface area contributed by atoms with E-state index >= 15 is 0 Å². The minimum atomic E-state index is -0.495. The van der Waals surface area contributed by atoms with Gasteiger partial charge in [0, 0.05) is 22.3 Å². The molecule has 0 aliphatic carbocycles. The lowest BCUT2D eigenvalue weighted by molar-refractivity contribution is 0.365. The Morgan fingerprint density at radius 2 is 1.79 bits per heavy atom. The molecule has 0 radical (unpaired) electrons. The molecular formula is C14H14BrNO3. The Morgan fingerprint density at radius 1 is 1.05 bits per heavy atom. The highest BCUT2D eigenvalue weighted by Gasteiger charge is 2.11. The molecule has 0 unspecified atom stereocenters. The van der Waals surface area contributed by atoms with Crippen LogP contribution in [-0.4, -0.2) is 15.3 Å². The Bertz CT molecular complexity index is 614. The smallest absolute Gasteiger partial charge is 0.200 e.